The first-order valence-electron chi connectivity index (χ1n) is 6.12. The number of non-ortho nitro benzene ring substituents is 1. The average molecular weight is 290 g/mol. The molecule has 1 heterocycles. The lowest BCUT2D eigenvalue weighted by Gasteiger charge is -2.10. The fraction of sp³-hybridized carbons (Fsp3) is 0.214. The Labute approximate surface area is 120 Å². The van der Waals surface area contributed by atoms with Crippen molar-refractivity contribution in [2.45, 2.75) is 13.8 Å². The maximum Gasteiger partial charge on any atom is 0.271 e. The van der Waals surface area contributed by atoms with Gasteiger partial charge >= 0.3 is 0 Å². The number of ether oxygens (including phenoxy) is 1. The van der Waals surface area contributed by atoms with Crippen LogP contribution in [0.25, 0.3) is 0 Å². The van der Waals surface area contributed by atoms with E-state index in [-0.39, 0.29) is 11.4 Å². The Morgan fingerprint density at radius 1 is 1.38 bits per heavy atom. The molecule has 1 aromatic carbocycles. The van der Waals surface area contributed by atoms with Gasteiger partial charge < -0.3 is 14.5 Å². The van der Waals surface area contributed by atoms with Crippen LogP contribution in [0.4, 0.5) is 11.4 Å². The number of anilines is 1. The molecular weight excluding hydrogens is 276 g/mol. The monoisotopic (exact) mass is 290 g/mol. The standard InChI is InChI=1S/C14H14N2O5/c1-8-7-21-9(2)13(8)14(17)15-11-6-10(16(18)19)4-5-12(11)20-3/h4-7H,1-3H3,(H,15,17). The summed E-state index contributed by atoms with van der Waals surface area (Å²) >= 11 is 0. The Morgan fingerprint density at radius 2 is 2.10 bits per heavy atom. The Kier molecular flexibility index (Phi) is 3.93. The molecule has 2 rings (SSSR count). The van der Waals surface area contributed by atoms with Crippen LogP contribution in [0.2, 0.25) is 0 Å². The highest BCUT2D eigenvalue weighted by molar-refractivity contribution is 6.06. The molecule has 0 atom stereocenters. The van der Waals surface area contributed by atoms with Gasteiger partial charge in [-0.2, -0.15) is 0 Å². The number of nitrogens with one attached hydrogen (secondary N) is 1. The zero-order valence-corrected chi connectivity index (χ0v) is 11.8. The van der Waals surface area contributed by atoms with E-state index >= 15 is 0 Å². The second kappa shape index (κ2) is 5.66. The molecule has 2 aromatic rings. The van der Waals surface area contributed by atoms with Crippen LogP contribution in [0.5, 0.6) is 5.75 Å². The van der Waals surface area contributed by atoms with Crippen molar-refractivity contribution in [3.8, 4) is 5.75 Å². The molecule has 0 radical (unpaired) electrons. The minimum atomic E-state index is -0.538. The summed E-state index contributed by atoms with van der Waals surface area (Å²) in [6.07, 6.45) is 1.48. The number of methoxy groups -OCH3 is 1. The number of rotatable bonds is 4. The quantitative estimate of drug-likeness (QED) is 0.689. The third-order valence-electron chi connectivity index (χ3n) is 3.03. The maximum absolute atomic E-state index is 12.3. The first kappa shape index (κ1) is 14.6. The van der Waals surface area contributed by atoms with Crippen molar-refractivity contribution in [1.29, 1.82) is 0 Å². The summed E-state index contributed by atoms with van der Waals surface area (Å²) in [5.74, 6) is 0.416. The van der Waals surface area contributed by atoms with Crippen LogP contribution in [-0.2, 0) is 0 Å². The molecule has 1 N–H and O–H groups in total. The summed E-state index contributed by atoms with van der Waals surface area (Å²) in [5.41, 5.74) is 1.20. The van der Waals surface area contributed by atoms with Gasteiger partial charge in [-0.3, -0.25) is 14.9 Å². The van der Waals surface area contributed by atoms with Gasteiger partial charge in [-0.05, 0) is 19.9 Å². The topological polar surface area (TPSA) is 94.6 Å². The van der Waals surface area contributed by atoms with Crippen molar-refractivity contribution in [1.82, 2.24) is 0 Å². The fourth-order valence-electron chi connectivity index (χ4n) is 2.00. The molecule has 0 saturated carbocycles. The van der Waals surface area contributed by atoms with Crippen molar-refractivity contribution in [3.05, 3.63) is 51.5 Å². The lowest BCUT2D eigenvalue weighted by molar-refractivity contribution is -0.384. The lowest BCUT2D eigenvalue weighted by Crippen LogP contribution is -2.14. The van der Waals surface area contributed by atoms with E-state index in [1.807, 2.05) is 0 Å². The second-order valence-electron chi connectivity index (χ2n) is 4.45. The Balaban J connectivity index is 2.36. The van der Waals surface area contributed by atoms with Crippen molar-refractivity contribution >= 4 is 17.3 Å². The number of carbonyl (C=O) groups excluding carboxylic acids is 1. The molecule has 0 aliphatic heterocycles. The smallest absolute Gasteiger partial charge is 0.271 e. The van der Waals surface area contributed by atoms with Gasteiger partial charge in [0.15, 0.2) is 0 Å². The molecular formula is C14H14N2O5. The van der Waals surface area contributed by atoms with Crippen LogP contribution in [-0.4, -0.2) is 17.9 Å². The van der Waals surface area contributed by atoms with Crippen molar-refractivity contribution in [2.75, 3.05) is 12.4 Å². The SMILES string of the molecule is COc1ccc([N+](=O)[O-])cc1NC(=O)c1c(C)coc1C. The van der Waals surface area contributed by atoms with Crippen LogP contribution in [0, 0.1) is 24.0 Å². The second-order valence-corrected chi connectivity index (χ2v) is 4.45. The van der Waals surface area contributed by atoms with Crippen LogP contribution < -0.4 is 10.1 Å². The highest BCUT2D eigenvalue weighted by Gasteiger charge is 2.19. The first-order chi connectivity index (χ1) is 9.93. The molecule has 0 saturated heterocycles. The molecule has 0 fully saturated rings. The number of hydrogen-bond acceptors (Lipinski definition) is 5. The van der Waals surface area contributed by atoms with Crippen molar-refractivity contribution < 1.29 is 18.9 Å². The molecule has 0 aliphatic carbocycles. The lowest BCUT2D eigenvalue weighted by atomic mass is 10.1. The van der Waals surface area contributed by atoms with Crippen LogP contribution in [0.15, 0.2) is 28.9 Å². The number of furan rings is 1. The summed E-state index contributed by atoms with van der Waals surface area (Å²) in [5, 5.41) is 13.4. The van der Waals surface area contributed by atoms with Crippen LogP contribution in [0.3, 0.4) is 0 Å². The van der Waals surface area contributed by atoms with Gasteiger partial charge in [0.25, 0.3) is 11.6 Å². The van der Waals surface area contributed by atoms with Gasteiger partial charge in [-0.25, -0.2) is 0 Å². The molecule has 110 valence electrons. The van der Waals surface area contributed by atoms with Crippen LogP contribution in [0.1, 0.15) is 21.7 Å². The van der Waals surface area contributed by atoms with Gasteiger partial charge in [-0.15, -0.1) is 0 Å². The van der Waals surface area contributed by atoms with Gasteiger partial charge in [0.05, 0.1) is 29.5 Å². The zero-order chi connectivity index (χ0) is 15.6. The maximum atomic E-state index is 12.3. The molecule has 1 amide bonds. The van der Waals surface area contributed by atoms with E-state index in [0.29, 0.717) is 22.6 Å². The number of nitro benzene ring substituents is 1. The zero-order valence-electron chi connectivity index (χ0n) is 11.8. The highest BCUT2D eigenvalue weighted by Crippen LogP contribution is 2.29. The first-order valence-corrected chi connectivity index (χ1v) is 6.12. The molecule has 0 aliphatic rings. The molecule has 0 spiro atoms. The minimum Gasteiger partial charge on any atom is -0.495 e. The Bertz CT molecular complexity index is 686. The third-order valence-corrected chi connectivity index (χ3v) is 3.03. The number of benzene rings is 1. The summed E-state index contributed by atoms with van der Waals surface area (Å²) in [4.78, 5) is 22.5. The van der Waals surface area contributed by atoms with Gasteiger partial charge in [-0.1, -0.05) is 0 Å². The van der Waals surface area contributed by atoms with Gasteiger partial charge in [0.1, 0.15) is 11.5 Å². The molecule has 0 unspecified atom stereocenters. The molecule has 7 nitrogen and oxygen atoms in total. The number of nitro groups is 1. The minimum absolute atomic E-state index is 0.133. The number of nitrogens with zero attached hydrogens (tertiary/aromatic N) is 1. The van der Waals surface area contributed by atoms with E-state index in [1.165, 1.54) is 31.6 Å². The van der Waals surface area contributed by atoms with E-state index in [2.05, 4.69) is 5.32 Å². The summed E-state index contributed by atoms with van der Waals surface area (Å²) in [6.45, 7) is 3.42. The normalized spacial score (nSPS) is 10.2. The summed E-state index contributed by atoms with van der Waals surface area (Å²) in [7, 11) is 1.42. The number of aryl methyl sites for hydroxylation is 2. The number of hydrogen-bond donors (Lipinski definition) is 1. The van der Waals surface area contributed by atoms with Crippen molar-refractivity contribution in [2.24, 2.45) is 0 Å². The average Bonchev–Trinajstić information content (AvgIpc) is 2.78. The van der Waals surface area contributed by atoms with E-state index < -0.39 is 10.8 Å². The van der Waals surface area contributed by atoms with Gasteiger partial charge in [0, 0.05) is 17.7 Å². The van der Waals surface area contributed by atoms with Crippen LogP contribution >= 0.6 is 0 Å². The predicted molar refractivity (Wildman–Crippen MR) is 75.8 cm³/mol. The van der Waals surface area contributed by atoms with Gasteiger partial charge in [0.2, 0.25) is 0 Å². The van der Waals surface area contributed by atoms with Crippen molar-refractivity contribution in [3.63, 3.8) is 0 Å². The molecule has 1 aromatic heterocycles. The summed E-state index contributed by atoms with van der Waals surface area (Å²) in [6, 6.07) is 3.99. The molecule has 7 heteroatoms. The predicted octanol–water partition coefficient (Wildman–Crippen LogP) is 3.07. The van der Waals surface area contributed by atoms with E-state index in [9.17, 15) is 14.9 Å². The number of carbonyl (C=O) groups is 1. The largest absolute Gasteiger partial charge is 0.495 e. The Hall–Kier alpha value is -2.83. The molecule has 0 bridgehead atoms. The summed E-state index contributed by atoms with van der Waals surface area (Å²) < 4.78 is 10.3. The van der Waals surface area contributed by atoms with E-state index in [1.54, 1.807) is 13.8 Å². The highest BCUT2D eigenvalue weighted by atomic mass is 16.6. The third kappa shape index (κ3) is 2.86. The molecule has 21 heavy (non-hydrogen) atoms. The fourth-order valence-corrected chi connectivity index (χ4v) is 2.00. The van der Waals surface area contributed by atoms with E-state index in [0.717, 1.165) is 0 Å². The van der Waals surface area contributed by atoms with E-state index in [4.69, 9.17) is 9.15 Å². The Morgan fingerprint density at radius 3 is 2.62 bits per heavy atom. The number of amides is 1.